The zero-order chi connectivity index (χ0) is 20.7. The van der Waals surface area contributed by atoms with Gasteiger partial charge in [0.2, 0.25) is 10.0 Å². The average molecular weight is 415 g/mol. The van der Waals surface area contributed by atoms with Crippen molar-refractivity contribution >= 4 is 27.7 Å². The van der Waals surface area contributed by atoms with Gasteiger partial charge >= 0.3 is 0 Å². The normalized spacial score (nSPS) is 12.9. The maximum absolute atomic E-state index is 13.0. The summed E-state index contributed by atoms with van der Waals surface area (Å²) in [5, 5.41) is 9.10. The highest BCUT2D eigenvalue weighted by Crippen LogP contribution is 2.33. The van der Waals surface area contributed by atoms with Crippen LogP contribution in [0.4, 0.5) is 0 Å². The Labute approximate surface area is 165 Å². The lowest BCUT2D eigenvalue weighted by Gasteiger charge is -2.37. The smallest absolute Gasteiger partial charge is 0.263 e. The first-order valence-corrected chi connectivity index (χ1v) is 10.7. The molecule has 1 unspecified atom stereocenters. The van der Waals surface area contributed by atoms with Gasteiger partial charge in [-0.1, -0.05) is 12.8 Å². The maximum Gasteiger partial charge on any atom is 0.263 e. The number of nitrogens with zero attached hydrogens (tertiary/aromatic N) is 1. The van der Waals surface area contributed by atoms with Crippen LogP contribution in [0.3, 0.4) is 0 Å². The van der Waals surface area contributed by atoms with E-state index in [2.05, 4.69) is 11.8 Å². The van der Waals surface area contributed by atoms with Gasteiger partial charge in [-0.2, -0.15) is 16.1 Å². The number of benzene rings is 1. The third-order valence-electron chi connectivity index (χ3n) is 3.89. The van der Waals surface area contributed by atoms with E-state index in [1.165, 1.54) is 43.1 Å². The molecule has 1 atom stereocenters. The van der Waals surface area contributed by atoms with Gasteiger partial charge in [-0.3, -0.25) is 10.0 Å². The molecule has 0 radical (unpaired) electrons. The molecular weight excluding hydrogens is 388 g/mol. The molecule has 0 bridgehead atoms. The molecule has 0 spiro atoms. The summed E-state index contributed by atoms with van der Waals surface area (Å²) >= 11 is 1.43. The van der Waals surface area contributed by atoms with Gasteiger partial charge < -0.3 is 4.74 Å². The van der Waals surface area contributed by atoms with Gasteiger partial charge in [0.05, 0.1) is 4.90 Å². The van der Waals surface area contributed by atoms with Gasteiger partial charge in [0.25, 0.3) is 5.91 Å². The first-order valence-electron chi connectivity index (χ1n) is 8.30. The number of hydrogen-bond acceptors (Lipinski definition) is 6. The Kier molecular flexibility index (Phi) is 8.62. The van der Waals surface area contributed by atoms with E-state index in [1.807, 2.05) is 6.92 Å². The van der Waals surface area contributed by atoms with E-state index in [-0.39, 0.29) is 11.5 Å². The van der Waals surface area contributed by atoms with Crippen LogP contribution in [-0.4, -0.2) is 54.0 Å². The largest absolute Gasteiger partial charge is 0.481 e. The van der Waals surface area contributed by atoms with Gasteiger partial charge in [0, 0.05) is 11.8 Å². The molecule has 0 aliphatic rings. The molecule has 27 heavy (non-hydrogen) atoms. The number of amides is 1. The molecule has 0 aliphatic heterocycles. The predicted octanol–water partition coefficient (Wildman–Crippen LogP) is 2.11. The highest BCUT2D eigenvalue weighted by atomic mass is 32.2. The highest BCUT2D eigenvalue weighted by Gasteiger charge is 2.43. The van der Waals surface area contributed by atoms with Crippen molar-refractivity contribution in [2.24, 2.45) is 0 Å². The number of nitrogens with one attached hydrogen (secondary N) is 1. The summed E-state index contributed by atoms with van der Waals surface area (Å²) in [4.78, 5) is 12.3. The van der Waals surface area contributed by atoms with Crippen LogP contribution in [0.15, 0.2) is 29.2 Å². The Bertz CT molecular complexity index is 795. The number of hydrogen-bond donors (Lipinski definition) is 2. The molecule has 1 rings (SSSR count). The van der Waals surface area contributed by atoms with E-state index in [0.29, 0.717) is 11.5 Å². The molecule has 0 aromatic heterocycles. The third kappa shape index (κ3) is 5.87. The summed E-state index contributed by atoms with van der Waals surface area (Å²) in [6, 6.07) is 4.78. The minimum atomic E-state index is -3.97. The Morgan fingerprint density at radius 1 is 1.37 bits per heavy atom. The molecule has 1 amide bonds. The second-order valence-corrected chi connectivity index (χ2v) is 10.0. The van der Waals surface area contributed by atoms with Crippen LogP contribution in [0.1, 0.15) is 27.7 Å². The van der Waals surface area contributed by atoms with Crippen LogP contribution < -0.4 is 10.2 Å². The molecule has 0 fully saturated rings. The molecule has 0 saturated heterocycles. The van der Waals surface area contributed by atoms with Gasteiger partial charge in [-0.15, -0.1) is 5.92 Å². The fourth-order valence-electron chi connectivity index (χ4n) is 2.64. The quantitative estimate of drug-likeness (QED) is 0.365. The number of carbonyl (C=O) groups is 1. The first-order chi connectivity index (χ1) is 12.6. The zero-order valence-corrected chi connectivity index (χ0v) is 17.8. The summed E-state index contributed by atoms with van der Waals surface area (Å²) in [5.74, 6) is 5.84. The minimum absolute atomic E-state index is 0.0203. The Hall–Kier alpha value is -1.73. The van der Waals surface area contributed by atoms with Crippen LogP contribution in [0.5, 0.6) is 5.75 Å². The molecule has 2 N–H and O–H groups in total. The van der Waals surface area contributed by atoms with Crippen LogP contribution in [0.2, 0.25) is 0 Å². The summed E-state index contributed by atoms with van der Waals surface area (Å²) in [5.41, 5.74) is 1.58. The third-order valence-corrected chi connectivity index (χ3v) is 6.98. The number of likely N-dealkylation sites (N-methyl/N-ethyl adjacent to an activating group) is 1. The summed E-state index contributed by atoms with van der Waals surface area (Å²) in [7, 11) is -2.64. The van der Waals surface area contributed by atoms with Crippen molar-refractivity contribution in [3.8, 4) is 17.6 Å². The van der Waals surface area contributed by atoms with Crippen molar-refractivity contribution < 1.29 is 23.2 Å². The number of hydroxylamine groups is 1. The zero-order valence-electron chi connectivity index (χ0n) is 16.1. The average Bonchev–Trinajstić information content (AvgIpc) is 2.62. The Morgan fingerprint density at radius 2 is 1.96 bits per heavy atom. The molecular formula is C18H26N2O5S2. The van der Waals surface area contributed by atoms with Crippen molar-refractivity contribution in [3.63, 3.8) is 0 Å². The molecule has 7 nitrogen and oxygen atoms in total. The number of sulfonamides is 1. The van der Waals surface area contributed by atoms with Crippen molar-refractivity contribution in [1.29, 1.82) is 0 Å². The van der Waals surface area contributed by atoms with E-state index in [1.54, 1.807) is 26.3 Å². The van der Waals surface area contributed by atoms with E-state index in [9.17, 15) is 13.2 Å². The van der Waals surface area contributed by atoms with Crippen LogP contribution >= 0.6 is 11.8 Å². The van der Waals surface area contributed by atoms with Gasteiger partial charge in [-0.25, -0.2) is 13.9 Å². The van der Waals surface area contributed by atoms with Crippen molar-refractivity contribution in [2.45, 2.75) is 43.4 Å². The minimum Gasteiger partial charge on any atom is -0.481 e. The molecule has 9 heteroatoms. The van der Waals surface area contributed by atoms with Crippen molar-refractivity contribution in [1.82, 2.24) is 9.79 Å². The molecule has 1 aromatic rings. The van der Waals surface area contributed by atoms with E-state index < -0.39 is 26.7 Å². The Morgan fingerprint density at radius 3 is 2.44 bits per heavy atom. The van der Waals surface area contributed by atoms with Crippen LogP contribution in [0.25, 0.3) is 0 Å². The molecule has 1 aromatic carbocycles. The SMILES string of the molecule is CC#CCOc1ccc(S(=O)(=O)N(C)C(C(=O)NO)C(C)(C)SCC)cc1. The fourth-order valence-corrected chi connectivity index (χ4v) is 5.32. The van der Waals surface area contributed by atoms with Crippen LogP contribution in [0, 0.1) is 11.8 Å². The molecule has 0 saturated carbocycles. The van der Waals surface area contributed by atoms with E-state index in [0.717, 1.165) is 4.31 Å². The maximum atomic E-state index is 13.0. The summed E-state index contributed by atoms with van der Waals surface area (Å²) in [6.45, 7) is 7.35. The lowest BCUT2D eigenvalue weighted by molar-refractivity contribution is -0.133. The summed E-state index contributed by atoms with van der Waals surface area (Å²) < 4.78 is 31.6. The fraction of sp³-hybridized carbons (Fsp3) is 0.500. The lowest BCUT2D eigenvalue weighted by atomic mass is 10.0. The van der Waals surface area contributed by atoms with Crippen LogP contribution in [-0.2, 0) is 14.8 Å². The number of rotatable bonds is 9. The van der Waals surface area contributed by atoms with E-state index >= 15 is 0 Å². The van der Waals surface area contributed by atoms with Gasteiger partial charge in [0.15, 0.2) is 0 Å². The first kappa shape index (κ1) is 23.3. The summed E-state index contributed by atoms with van der Waals surface area (Å²) in [6.07, 6.45) is 0. The Balaban J connectivity index is 3.18. The number of thioether (sulfide) groups is 1. The molecule has 0 aliphatic carbocycles. The van der Waals surface area contributed by atoms with E-state index in [4.69, 9.17) is 9.94 Å². The molecule has 0 heterocycles. The van der Waals surface area contributed by atoms with Crippen molar-refractivity contribution in [2.75, 3.05) is 19.4 Å². The second-order valence-electron chi connectivity index (χ2n) is 6.12. The number of carbonyl (C=O) groups excluding carboxylic acids is 1. The highest BCUT2D eigenvalue weighted by molar-refractivity contribution is 8.00. The van der Waals surface area contributed by atoms with Gasteiger partial charge in [0.1, 0.15) is 18.4 Å². The van der Waals surface area contributed by atoms with Crippen molar-refractivity contribution in [3.05, 3.63) is 24.3 Å². The van der Waals surface area contributed by atoms with Gasteiger partial charge in [-0.05, 0) is 50.8 Å². The molecule has 150 valence electrons. The standard InChI is InChI=1S/C18H26N2O5S2/c1-6-8-13-25-14-9-11-15(12-10-14)27(23,24)20(5)16(17(21)19-22)18(3,4)26-7-2/h9-12,16,22H,7,13H2,1-5H3,(H,19,21). The topological polar surface area (TPSA) is 95.9 Å². The second kappa shape index (κ2) is 9.99. The lowest BCUT2D eigenvalue weighted by Crippen LogP contribution is -2.56. The monoisotopic (exact) mass is 414 g/mol. The number of ether oxygens (including phenoxy) is 1. The predicted molar refractivity (Wildman–Crippen MR) is 106 cm³/mol.